The predicted octanol–water partition coefficient (Wildman–Crippen LogP) is 1.58. The Morgan fingerprint density at radius 3 is 2.69 bits per heavy atom. The minimum Gasteiger partial charge on any atom is -0.394 e. The summed E-state index contributed by atoms with van der Waals surface area (Å²) in [6.07, 6.45) is 6.89. The van der Waals surface area contributed by atoms with Crippen LogP contribution in [0.5, 0.6) is 0 Å². The lowest BCUT2D eigenvalue weighted by Crippen LogP contribution is -2.32. The van der Waals surface area contributed by atoms with Gasteiger partial charge in [-0.05, 0) is 38.7 Å². The number of aliphatic hydroxyl groups excluding tert-OH is 1. The quantitative estimate of drug-likeness (QED) is 0.669. The van der Waals surface area contributed by atoms with Crippen molar-refractivity contribution in [2.75, 3.05) is 18.9 Å². The van der Waals surface area contributed by atoms with Crippen LogP contribution in [0.2, 0.25) is 0 Å². The monoisotopic (exact) mass is 398 g/mol. The molecule has 29 heavy (non-hydrogen) atoms. The standard InChI is InChI=1S/C20H26N6O3/c1-12-16-9-17(13-10-22-25(2)11-13)19(28)26(18(16)24-20(21)23-12)14-3-5-15(6-4-14)29-8-7-27/h9-11,14-15,27H,3-8H2,1-2H3,(H2,21,23,24)/t14-,15-. The minimum atomic E-state index is -0.0947. The SMILES string of the molecule is Cc1nc(N)nc2c1cc(-c1cnn(C)c1)c(=O)n2[C@H]1CC[C@H](OCCO)CC1. The number of ether oxygens (including phenoxy) is 1. The lowest BCUT2D eigenvalue weighted by molar-refractivity contribution is 0.00169. The summed E-state index contributed by atoms with van der Waals surface area (Å²) in [5, 5.41) is 14.0. The average Bonchev–Trinajstić information content (AvgIpc) is 3.12. The van der Waals surface area contributed by atoms with Gasteiger partial charge in [-0.25, -0.2) is 4.98 Å². The van der Waals surface area contributed by atoms with E-state index in [2.05, 4.69) is 15.1 Å². The number of nitrogen functional groups attached to an aromatic ring is 1. The molecule has 1 aliphatic carbocycles. The zero-order valence-corrected chi connectivity index (χ0v) is 16.7. The molecule has 0 unspecified atom stereocenters. The number of pyridine rings is 1. The van der Waals surface area contributed by atoms with E-state index in [1.807, 2.05) is 26.2 Å². The van der Waals surface area contributed by atoms with Gasteiger partial charge in [0.05, 0.1) is 36.8 Å². The Labute approximate surface area is 168 Å². The number of nitrogens with two attached hydrogens (primary N) is 1. The van der Waals surface area contributed by atoms with E-state index >= 15 is 0 Å². The number of hydrogen-bond acceptors (Lipinski definition) is 7. The Balaban J connectivity index is 1.81. The van der Waals surface area contributed by atoms with Gasteiger partial charge in [0, 0.05) is 30.2 Å². The van der Waals surface area contributed by atoms with Gasteiger partial charge in [0.15, 0.2) is 0 Å². The van der Waals surface area contributed by atoms with Gasteiger partial charge in [-0.1, -0.05) is 0 Å². The van der Waals surface area contributed by atoms with Crippen LogP contribution in [0.1, 0.15) is 37.4 Å². The van der Waals surface area contributed by atoms with Crippen LogP contribution in [0.4, 0.5) is 5.95 Å². The molecular weight excluding hydrogens is 372 g/mol. The van der Waals surface area contributed by atoms with Crippen molar-refractivity contribution < 1.29 is 9.84 Å². The van der Waals surface area contributed by atoms with Gasteiger partial charge in [-0.3, -0.25) is 14.0 Å². The second-order valence-electron chi connectivity index (χ2n) is 7.57. The smallest absolute Gasteiger partial charge is 0.260 e. The molecule has 3 aromatic heterocycles. The van der Waals surface area contributed by atoms with Crippen molar-refractivity contribution >= 4 is 17.0 Å². The number of rotatable bonds is 5. The number of nitrogens with zero attached hydrogens (tertiary/aromatic N) is 5. The van der Waals surface area contributed by atoms with Crippen LogP contribution in [0.25, 0.3) is 22.2 Å². The molecule has 3 N–H and O–H groups in total. The van der Waals surface area contributed by atoms with Crippen molar-refractivity contribution in [3.05, 3.63) is 34.5 Å². The van der Waals surface area contributed by atoms with Crippen LogP contribution in [0.3, 0.4) is 0 Å². The molecule has 0 aliphatic heterocycles. The molecule has 4 rings (SSSR count). The largest absolute Gasteiger partial charge is 0.394 e. The molecule has 154 valence electrons. The molecule has 0 spiro atoms. The van der Waals surface area contributed by atoms with Crippen molar-refractivity contribution in [1.29, 1.82) is 0 Å². The van der Waals surface area contributed by atoms with E-state index in [0.717, 1.165) is 42.3 Å². The third-order valence-electron chi connectivity index (χ3n) is 5.57. The maximum absolute atomic E-state index is 13.5. The highest BCUT2D eigenvalue weighted by molar-refractivity contribution is 5.83. The molecule has 1 fully saturated rings. The molecular formula is C20H26N6O3. The Morgan fingerprint density at radius 2 is 2.03 bits per heavy atom. The Morgan fingerprint density at radius 1 is 1.28 bits per heavy atom. The van der Waals surface area contributed by atoms with E-state index in [1.165, 1.54) is 0 Å². The maximum Gasteiger partial charge on any atom is 0.260 e. The summed E-state index contributed by atoms with van der Waals surface area (Å²) in [6.45, 7) is 2.24. The average molecular weight is 398 g/mol. The molecule has 1 aliphatic rings. The van der Waals surface area contributed by atoms with Crippen LogP contribution in [0, 0.1) is 6.92 Å². The van der Waals surface area contributed by atoms with Crippen LogP contribution in [0.15, 0.2) is 23.3 Å². The molecule has 3 heterocycles. The first-order valence-electron chi connectivity index (χ1n) is 9.88. The summed E-state index contributed by atoms with van der Waals surface area (Å²) in [5.74, 6) is 0.164. The topological polar surface area (TPSA) is 121 Å². The van der Waals surface area contributed by atoms with E-state index < -0.39 is 0 Å². The van der Waals surface area contributed by atoms with Crippen molar-refractivity contribution in [3.63, 3.8) is 0 Å². The predicted molar refractivity (Wildman–Crippen MR) is 109 cm³/mol. The fraction of sp³-hybridized carbons (Fsp3) is 0.500. The summed E-state index contributed by atoms with van der Waals surface area (Å²) in [5.41, 5.74) is 8.48. The zero-order chi connectivity index (χ0) is 20.5. The second kappa shape index (κ2) is 7.92. The van der Waals surface area contributed by atoms with E-state index in [9.17, 15) is 4.79 Å². The molecule has 0 saturated heterocycles. The van der Waals surface area contributed by atoms with Gasteiger partial charge in [0.1, 0.15) is 5.65 Å². The molecule has 3 aromatic rings. The van der Waals surface area contributed by atoms with Crippen molar-refractivity contribution in [2.45, 2.75) is 44.8 Å². The maximum atomic E-state index is 13.5. The summed E-state index contributed by atoms with van der Waals surface area (Å²) in [6, 6.07) is 1.85. The molecule has 9 nitrogen and oxygen atoms in total. The fourth-order valence-corrected chi connectivity index (χ4v) is 4.17. The zero-order valence-electron chi connectivity index (χ0n) is 16.7. The number of fused-ring (bicyclic) bond motifs is 1. The van der Waals surface area contributed by atoms with Gasteiger partial charge >= 0.3 is 0 Å². The highest BCUT2D eigenvalue weighted by Gasteiger charge is 2.27. The number of aromatic nitrogens is 5. The number of hydrogen-bond donors (Lipinski definition) is 2. The number of aliphatic hydroxyl groups is 1. The molecule has 1 saturated carbocycles. The number of anilines is 1. The van der Waals surface area contributed by atoms with Crippen LogP contribution in [-0.4, -0.2) is 48.7 Å². The summed E-state index contributed by atoms with van der Waals surface area (Å²) < 4.78 is 9.14. The van der Waals surface area contributed by atoms with Crippen LogP contribution >= 0.6 is 0 Å². The Hall–Kier alpha value is -2.78. The van der Waals surface area contributed by atoms with E-state index in [1.54, 1.807) is 15.4 Å². The highest BCUT2D eigenvalue weighted by Crippen LogP contribution is 2.32. The number of aryl methyl sites for hydroxylation is 2. The van der Waals surface area contributed by atoms with E-state index in [0.29, 0.717) is 17.8 Å². The minimum absolute atomic E-state index is 0.00398. The Kier molecular flexibility index (Phi) is 5.33. The third-order valence-corrected chi connectivity index (χ3v) is 5.57. The fourth-order valence-electron chi connectivity index (χ4n) is 4.17. The van der Waals surface area contributed by atoms with Gasteiger partial charge in [0.25, 0.3) is 5.56 Å². The molecule has 0 amide bonds. The van der Waals surface area contributed by atoms with Gasteiger partial charge in [-0.2, -0.15) is 10.1 Å². The van der Waals surface area contributed by atoms with Crippen molar-refractivity contribution in [2.24, 2.45) is 7.05 Å². The third kappa shape index (κ3) is 3.75. The lowest BCUT2D eigenvalue weighted by Gasteiger charge is -2.30. The van der Waals surface area contributed by atoms with Gasteiger partial charge < -0.3 is 15.6 Å². The summed E-state index contributed by atoms with van der Waals surface area (Å²) in [4.78, 5) is 22.2. The molecule has 9 heteroatoms. The molecule has 0 bridgehead atoms. The van der Waals surface area contributed by atoms with E-state index in [-0.39, 0.29) is 30.3 Å². The van der Waals surface area contributed by atoms with Crippen LogP contribution < -0.4 is 11.3 Å². The van der Waals surface area contributed by atoms with Gasteiger partial charge in [-0.15, -0.1) is 0 Å². The molecule has 0 atom stereocenters. The first-order valence-corrected chi connectivity index (χ1v) is 9.88. The first kappa shape index (κ1) is 19.5. The summed E-state index contributed by atoms with van der Waals surface area (Å²) >= 11 is 0. The van der Waals surface area contributed by atoms with Crippen molar-refractivity contribution in [3.8, 4) is 11.1 Å². The lowest BCUT2D eigenvalue weighted by atomic mass is 9.92. The van der Waals surface area contributed by atoms with Crippen molar-refractivity contribution in [1.82, 2.24) is 24.3 Å². The second-order valence-corrected chi connectivity index (χ2v) is 7.57. The van der Waals surface area contributed by atoms with Crippen LogP contribution in [-0.2, 0) is 11.8 Å². The first-order chi connectivity index (χ1) is 14.0. The molecule has 0 aromatic carbocycles. The Bertz CT molecular complexity index is 1080. The molecule has 0 radical (unpaired) electrons. The van der Waals surface area contributed by atoms with E-state index in [4.69, 9.17) is 15.6 Å². The summed E-state index contributed by atoms with van der Waals surface area (Å²) in [7, 11) is 1.83. The normalized spacial score (nSPS) is 19.7. The highest BCUT2D eigenvalue weighted by atomic mass is 16.5. The van der Waals surface area contributed by atoms with Gasteiger partial charge in [0.2, 0.25) is 5.95 Å².